The van der Waals surface area contributed by atoms with Crippen LogP contribution in [0.25, 0.3) is 0 Å². The van der Waals surface area contributed by atoms with Gasteiger partial charge in [-0.25, -0.2) is 12.8 Å². The van der Waals surface area contributed by atoms with Crippen molar-refractivity contribution in [2.75, 3.05) is 13.2 Å². The van der Waals surface area contributed by atoms with Crippen LogP contribution < -0.4 is 0 Å². The van der Waals surface area contributed by atoms with E-state index in [2.05, 4.69) is 0 Å². The number of rotatable bonds is 3. The molecule has 124 valence electrons. The second-order valence-corrected chi connectivity index (χ2v) is 9.14. The van der Waals surface area contributed by atoms with E-state index in [0.717, 1.165) is 0 Å². The second-order valence-electron chi connectivity index (χ2n) is 6.10. The maximum absolute atomic E-state index is 14.0. The quantitative estimate of drug-likeness (QED) is 0.847. The van der Waals surface area contributed by atoms with E-state index in [1.54, 1.807) is 35.7 Å². The molecule has 23 heavy (non-hydrogen) atoms. The lowest BCUT2D eigenvalue weighted by Crippen LogP contribution is -2.56. The summed E-state index contributed by atoms with van der Waals surface area (Å²) in [7, 11) is -3.63. The minimum atomic E-state index is -3.63. The third-order valence-corrected chi connectivity index (χ3v) is 7.39. The first-order valence-electron chi connectivity index (χ1n) is 7.25. The molecule has 1 aromatic heterocycles. The average molecular weight is 355 g/mol. The van der Waals surface area contributed by atoms with Gasteiger partial charge < -0.3 is 4.74 Å². The van der Waals surface area contributed by atoms with Gasteiger partial charge in [0.05, 0.1) is 18.2 Å². The van der Waals surface area contributed by atoms with Crippen LogP contribution in [0.4, 0.5) is 4.39 Å². The van der Waals surface area contributed by atoms with Crippen molar-refractivity contribution in [3.05, 3.63) is 53.2 Å². The van der Waals surface area contributed by atoms with Gasteiger partial charge >= 0.3 is 0 Å². The average Bonchev–Trinajstić information content (AvgIpc) is 3.03. The van der Waals surface area contributed by atoms with E-state index in [0.29, 0.717) is 9.77 Å². The molecular weight excluding hydrogens is 337 g/mol. The van der Waals surface area contributed by atoms with Crippen LogP contribution in [0, 0.1) is 5.82 Å². The van der Waals surface area contributed by atoms with Crippen molar-refractivity contribution in [3.8, 4) is 0 Å². The molecule has 3 rings (SSSR count). The van der Waals surface area contributed by atoms with E-state index in [4.69, 9.17) is 4.74 Å². The summed E-state index contributed by atoms with van der Waals surface area (Å²) in [6, 6.07) is 9.61. The topological polar surface area (TPSA) is 46.6 Å². The third kappa shape index (κ3) is 3.06. The Morgan fingerprint density at radius 2 is 2.00 bits per heavy atom. The Labute approximate surface area is 139 Å². The maximum atomic E-state index is 14.0. The van der Waals surface area contributed by atoms with Gasteiger partial charge in [0.1, 0.15) is 10.0 Å². The van der Waals surface area contributed by atoms with Crippen LogP contribution in [0.1, 0.15) is 25.5 Å². The normalized spacial score (nSPS) is 22.1. The summed E-state index contributed by atoms with van der Waals surface area (Å²) in [4.78, 5) is 0. The van der Waals surface area contributed by atoms with Crippen LogP contribution in [-0.2, 0) is 14.8 Å². The molecule has 7 heteroatoms. The number of thiophene rings is 1. The molecule has 1 atom stereocenters. The minimum absolute atomic E-state index is 0.0914. The summed E-state index contributed by atoms with van der Waals surface area (Å²) < 4.78 is 47.3. The van der Waals surface area contributed by atoms with E-state index < -0.39 is 21.7 Å². The first kappa shape index (κ1) is 16.6. The van der Waals surface area contributed by atoms with Gasteiger partial charge in [0, 0.05) is 12.1 Å². The van der Waals surface area contributed by atoms with E-state index in [-0.39, 0.29) is 19.0 Å². The molecule has 0 radical (unpaired) electrons. The molecule has 1 saturated heterocycles. The molecule has 0 amide bonds. The lowest BCUT2D eigenvalue weighted by atomic mass is 10.0. The Hall–Kier alpha value is -1.28. The van der Waals surface area contributed by atoms with Crippen molar-refractivity contribution in [2.45, 2.75) is 29.7 Å². The van der Waals surface area contributed by atoms with Gasteiger partial charge in [-0.2, -0.15) is 4.31 Å². The molecule has 0 N–H and O–H groups in total. The van der Waals surface area contributed by atoms with Gasteiger partial charge in [0.2, 0.25) is 0 Å². The molecule has 2 heterocycles. The molecule has 0 saturated carbocycles. The molecule has 1 unspecified atom stereocenters. The molecular formula is C16H18FNO3S2. The van der Waals surface area contributed by atoms with E-state index in [1.807, 2.05) is 13.8 Å². The summed E-state index contributed by atoms with van der Waals surface area (Å²) in [6.45, 7) is 3.93. The monoisotopic (exact) mass is 355 g/mol. The summed E-state index contributed by atoms with van der Waals surface area (Å²) in [5.74, 6) is -0.384. The fraction of sp³-hybridized carbons (Fsp3) is 0.375. The first-order chi connectivity index (χ1) is 10.8. The van der Waals surface area contributed by atoms with Gasteiger partial charge in [0.25, 0.3) is 10.0 Å². The van der Waals surface area contributed by atoms with Gasteiger partial charge in [-0.3, -0.25) is 0 Å². The number of hydrogen-bond acceptors (Lipinski definition) is 4. The fourth-order valence-electron chi connectivity index (χ4n) is 2.69. The zero-order valence-corrected chi connectivity index (χ0v) is 14.5. The molecule has 1 aromatic carbocycles. The third-order valence-electron chi connectivity index (χ3n) is 3.94. The molecule has 1 aliphatic rings. The molecule has 4 nitrogen and oxygen atoms in total. The fourth-order valence-corrected chi connectivity index (χ4v) is 5.57. The Morgan fingerprint density at radius 1 is 1.26 bits per heavy atom. The summed E-state index contributed by atoms with van der Waals surface area (Å²) in [6.07, 6.45) is -0.612. The molecule has 2 aromatic rings. The van der Waals surface area contributed by atoms with Gasteiger partial charge in [-0.1, -0.05) is 24.3 Å². The number of halogens is 1. The highest BCUT2D eigenvalue weighted by Gasteiger charge is 2.44. The second kappa shape index (κ2) is 5.98. The lowest BCUT2D eigenvalue weighted by molar-refractivity contribution is -0.0667. The van der Waals surface area contributed by atoms with Crippen LogP contribution >= 0.6 is 11.3 Å². The van der Waals surface area contributed by atoms with Gasteiger partial charge in [0.15, 0.2) is 0 Å². The SMILES string of the molecule is CC1(C)COC(c2ccccc2F)CN1S(=O)(=O)c1cccs1. The highest BCUT2D eigenvalue weighted by molar-refractivity contribution is 7.91. The van der Waals surface area contributed by atoms with Crippen LogP contribution in [0.3, 0.4) is 0 Å². The van der Waals surface area contributed by atoms with Crippen LogP contribution in [0.15, 0.2) is 46.0 Å². The standard InChI is InChI=1S/C16H18FNO3S2/c1-16(2)11-21-14(12-6-3-4-7-13(12)17)10-18(16)23(19,20)15-8-5-9-22-15/h3-9,14H,10-11H2,1-2H3. The van der Waals surface area contributed by atoms with Crippen molar-refractivity contribution in [2.24, 2.45) is 0 Å². The highest BCUT2D eigenvalue weighted by Crippen LogP contribution is 2.36. The number of benzene rings is 1. The number of hydrogen-bond donors (Lipinski definition) is 0. The van der Waals surface area contributed by atoms with Crippen molar-refractivity contribution in [1.29, 1.82) is 0 Å². The Morgan fingerprint density at radius 3 is 2.65 bits per heavy atom. The highest BCUT2D eigenvalue weighted by atomic mass is 32.2. The van der Waals surface area contributed by atoms with Gasteiger partial charge in [-0.05, 0) is 31.4 Å². The smallest absolute Gasteiger partial charge is 0.253 e. The summed E-state index contributed by atoms with van der Waals surface area (Å²) in [5, 5.41) is 1.73. The molecule has 0 bridgehead atoms. The zero-order chi connectivity index (χ0) is 16.7. The number of morpholine rings is 1. The van der Waals surface area contributed by atoms with E-state index in [1.165, 1.54) is 21.7 Å². The summed E-state index contributed by atoms with van der Waals surface area (Å²) >= 11 is 1.18. The largest absolute Gasteiger partial charge is 0.370 e. The Balaban J connectivity index is 1.96. The van der Waals surface area contributed by atoms with Crippen molar-refractivity contribution in [3.63, 3.8) is 0 Å². The Bertz CT molecular complexity index is 787. The number of ether oxygens (including phenoxy) is 1. The maximum Gasteiger partial charge on any atom is 0.253 e. The Kier molecular flexibility index (Phi) is 4.31. The molecule has 0 spiro atoms. The zero-order valence-electron chi connectivity index (χ0n) is 12.9. The van der Waals surface area contributed by atoms with Crippen molar-refractivity contribution >= 4 is 21.4 Å². The van der Waals surface area contributed by atoms with Crippen LogP contribution in [-0.4, -0.2) is 31.4 Å². The van der Waals surface area contributed by atoms with E-state index >= 15 is 0 Å². The minimum Gasteiger partial charge on any atom is -0.370 e. The first-order valence-corrected chi connectivity index (χ1v) is 9.57. The lowest BCUT2D eigenvalue weighted by Gasteiger charge is -2.44. The number of sulfonamides is 1. The molecule has 0 aliphatic carbocycles. The van der Waals surface area contributed by atoms with E-state index in [9.17, 15) is 12.8 Å². The predicted octanol–water partition coefficient (Wildman–Crippen LogP) is 3.43. The van der Waals surface area contributed by atoms with Crippen LogP contribution in [0.5, 0.6) is 0 Å². The van der Waals surface area contributed by atoms with Gasteiger partial charge in [-0.15, -0.1) is 11.3 Å². The van der Waals surface area contributed by atoms with Crippen molar-refractivity contribution in [1.82, 2.24) is 4.31 Å². The molecule has 1 fully saturated rings. The predicted molar refractivity (Wildman–Crippen MR) is 87.4 cm³/mol. The number of nitrogens with zero attached hydrogens (tertiary/aromatic N) is 1. The van der Waals surface area contributed by atoms with Crippen LogP contribution in [0.2, 0.25) is 0 Å². The van der Waals surface area contributed by atoms with Crippen molar-refractivity contribution < 1.29 is 17.5 Å². The molecule has 1 aliphatic heterocycles. The summed E-state index contributed by atoms with van der Waals surface area (Å²) in [5.41, 5.74) is -0.306.